The minimum atomic E-state index is 0.686. The molecule has 2 aromatic carbocycles. The highest BCUT2D eigenvalue weighted by molar-refractivity contribution is 7.18. The molecule has 0 amide bonds. The predicted octanol–water partition coefficient (Wildman–Crippen LogP) is 5.93. The van der Waals surface area contributed by atoms with E-state index >= 15 is 0 Å². The second-order valence-electron chi connectivity index (χ2n) is 8.53. The van der Waals surface area contributed by atoms with E-state index in [1.807, 2.05) is 67.1 Å². The van der Waals surface area contributed by atoms with Crippen LogP contribution < -0.4 is 16.4 Å². The number of pyridine rings is 1. The van der Waals surface area contributed by atoms with Crippen LogP contribution in [-0.2, 0) is 6.54 Å². The van der Waals surface area contributed by atoms with Crippen LogP contribution in [0.4, 0.5) is 22.2 Å². The van der Waals surface area contributed by atoms with Crippen molar-refractivity contribution in [3.8, 4) is 10.6 Å². The van der Waals surface area contributed by atoms with Crippen LogP contribution in [-0.4, -0.2) is 33.4 Å². The van der Waals surface area contributed by atoms with Gasteiger partial charge in [0.15, 0.2) is 5.13 Å². The first kappa shape index (κ1) is 22.6. The molecule has 35 heavy (non-hydrogen) atoms. The highest BCUT2D eigenvalue weighted by atomic mass is 32.1. The lowest BCUT2D eigenvalue weighted by atomic mass is 10.1. The summed E-state index contributed by atoms with van der Waals surface area (Å²) >= 11 is 1.60. The van der Waals surface area contributed by atoms with E-state index in [1.54, 1.807) is 11.3 Å². The van der Waals surface area contributed by atoms with E-state index in [1.165, 1.54) is 5.56 Å². The molecule has 0 atom stereocenters. The second kappa shape index (κ2) is 9.61. The Kier molecular flexibility index (Phi) is 6.22. The quantitative estimate of drug-likeness (QED) is 0.238. The molecular formula is C27H27N7S. The fourth-order valence-corrected chi connectivity index (χ4v) is 4.73. The predicted molar refractivity (Wildman–Crippen MR) is 147 cm³/mol. The van der Waals surface area contributed by atoms with Crippen molar-refractivity contribution >= 4 is 44.9 Å². The number of nitrogen functional groups attached to an aromatic ring is 1. The summed E-state index contributed by atoms with van der Waals surface area (Å²) in [7, 11) is 4.12. The zero-order valence-electron chi connectivity index (χ0n) is 19.7. The minimum absolute atomic E-state index is 0.686. The fourth-order valence-electron chi connectivity index (χ4n) is 3.89. The first-order chi connectivity index (χ1) is 17.0. The molecule has 0 saturated carbocycles. The van der Waals surface area contributed by atoms with E-state index in [-0.39, 0.29) is 0 Å². The van der Waals surface area contributed by atoms with E-state index in [0.717, 1.165) is 50.5 Å². The molecule has 4 N–H and O–H groups in total. The lowest BCUT2D eigenvalue weighted by Gasteiger charge is -2.12. The van der Waals surface area contributed by atoms with Crippen LogP contribution in [0.25, 0.3) is 21.9 Å². The minimum Gasteiger partial charge on any atom is -0.397 e. The van der Waals surface area contributed by atoms with Gasteiger partial charge in [0.05, 0.1) is 28.1 Å². The fraction of sp³-hybridized carbons (Fsp3) is 0.111. The van der Waals surface area contributed by atoms with Crippen molar-refractivity contribution < 1.29 is 0 Å². The first-order valence-corrected chi connectivity index (χ1v) is 12.0. The molecular weight excluding hydrogens is 454 g/mol. The Morgan fingerprint density at radius 1 is 1.03 bits per heavy atom. The third-order valence-electron chi connectivity index (χ3n) is 5.59. The van der Waals surface area contributed by atoms with Gasteiger partial charge in [-0.1, -0.05) is 48.2 Å². The summed E-state index contributed by atoms with van der Waals surface area (Å²) in [4.78, 5) is 12.5. The van der Waals surface area contributed by atoms with Crippen LogP contribution in [0.1, 0.15) is 11.1 Å². The number of anilines is 4. The van der Waals surface area contributed by atoms with Crippen molar-refractivity contribution in [3.63, 3.8) is 0 Å². The summed E-state index contributed by atoms with van der Waals surface area (Å²) < 4.78 is 2.13. The smallest absolute Gasteiger partial charge is 0.187 e. The van der Waals surface area contributed by atoms with Gasteiger partial charge in [0.2, 0.25) is 0 Å². The Balaban J connectivity index is 1.30. The molecule has 0 unspecified atom stereocenters. The third-order valence-corrected chi connectivity index (χ3v) is 6.53. The molecule has 3 aromatic heterocycles. The van der Waals surface area contributed by atoms with E-state index in [2.05, 4.69) is 62.7 Å². The molecule has 0 aliphatic heterocycles. The molecule has 0 fully saturated rings. The van der Waals surface area contributed by atoms with Gasteiger partial charge in [-0.2, -0.15) is 0 Å². The maximum absolute atomic E-state index is 6.02. The first-order valence-electron chi connectivity index (χ1n) is 11.2. The van der Waals surface area contributed by atoms with E-state index in [9.17, 15) is 0 Å². The topological polar surface area (TPSA) is 83.5 Å². The lowest BCUT2D eigenvalue weighted by molar-refractivity contribution is 0.403. The van der Waals surface area contributed by atoms with E-state index in [0.29, 0.717) is 5.69 Å². The number of aromatic nitrogens is 3. The van der Waals surface area contributed by atoms with Crippen molar-refractivity contribution in [2.24, 2.45) is 0 Å². The van der Waals surface area contributed by atoms with Crippen molar-refractivity contribution in [2.75, 3.05) is 30.5 Å². The van der Waals surface area contributed by atoms with Crippen LogP contribution >= 0.6 is 11.3 Å². The molecule has 176 valence electrons. The SMILES string of the molecule is C=C(Nc1ccccc1N)c1ccc(Nc2ncc(-c3cnc4c(CN(C)C)cccn34)s2)cc1. The van der Waals surface area contributed by atoms with Crippen LogP contribution in [0.5, 0.6) is 0 Å². The van der Waals surface area contributed by atoms with Gasteiger partial charge in [-0.05, 0) is 50.0 Å². The van der Waals surface area contributed by atoms with Gasteiger partial charge < -0.3 is 21.3 Å². The number of fused-ring (bicyclic) bond motifs is 1. The summed E-state index contributed by atoms with van der Waals surface area (Å²) in [5, 5.41) is 7.50. The molecule has 5 rings (SSSR count). The van der Waals surface area contributed by atoms with Crippen LogP contribution in [0.3, 0.4) is 0 Å². The molecule has 0 bridgehead atoms. The number of para-hydroxylation sites is 2. The molecule has 0 saturated heterocycles. The largest absolute Gasteiger partial charge is 0.397 e. The van der Waals surface area contributed by atoms with E-state index < -0.39 is 0 Å². The van der Waals surface area contributed by atoms with Gasteiger partial charge in [-0.3, -0.25) is 4.40 Å². The Morgan fingerprint density at radius 3 is 2.60 bits per heavy atom. The monoisotopic (exact) mass is 481 g/mol. The molecule has 5 aromatic rings. The average Bonchev–Trinajstić information content (AvgIpc) is 3.48. The summed E-state index contributed by atoms with van der Waals surface area (Å²) in [6.07, 6.45) is 5.85. The molecule has 0 aliphatic carbocycles. The number of hydrogen-bond donors (Lipinski definition) is 3. The normalized spacial score (nSPS) is 11.2. The van der Waals surface area contributed by atoms with Crippen molar-refractivity contribution in [1.29, 1.82) is 0 Å². The number of hydrogen-bond acceptors (Lipinski definition) is 7. The molecule has 0 radical (unpaired) electrons. The number of nitrogens with one attached hydrogen (secondary N) is 2. The Bertz CT molecular complexity index is 1480. The van der Waals surface area contributed by atoms with Gasteiger partial charge in [-0.25, -0.2) is 9.97 Å². The molecule has 0 spiro atoms. The Labute approximate surface area is 208 Å². The van der Waals surface area contributed by atoms with Crippen LogP contribution in [0.15, 0.2) is 85.8 Å². The number of imidazole rings is 1. The summed E-state index contributed by atoms with van der Waals surface area (Å²) in [6, 6.07) is 19.9. The highest BCUT2D eigenvalue weighted by Crippen LogP contribution is 2.32. The number of nitrogens with two attached hydrogens (primary N) is 1. The van der Waals surface area contributed by atoms with Gasteiger partial charge in [0.1, 0.15) is 5.65 Å². The lowest BCUT2D eigenvalue weighted by Crippen LogP contribution is -2.11. The van der Waals surface area contributed by atoms with Gasteiger partial charge in [0.25, 0.3) is 0 Å². The van der Waals surface area contributed by atoms with Gasteiger partial charge in [0, 0.05) is 35.9 Å². The standard InChI is InChI=1S/C27H27N7S/c1-18(31-23-9-5-4-8-22(23)28)19-10-12-21(13-11-19)32-27-30-16-25(35-27)24-15-29-26-20(17-33(2)3)7-6-14-34(24)26/h4-16,31H,1,17,28H2,2-3H3,(H,30,32). The van der Waals surface area contributed by atoms with Crippen LogP contribution in [0.2, 0.25) is 0 Å². The number of rotatable bonds is 8. The zero-order chi connectivity index (χ0) is 24.4. The van der Waals surface area contributed by atoms with E-state index in [4.69, 9.17) is 5.73 Å². The van der Waals surface area contributed by atoms with Gasteiger partial charge in [-0.15, -0.1) is 0 Å². The summed E-state index contributed by atoms with van der Waals surface area (Å²) in [6.45, 7) is 4.99. The number of benzene rings is 2. The summed E-state index contributed by atoms with van der Waals surface area (Å²) in [5.74, 6) is 0. The van der Waals surface area contributed by atoms with Crippen molar-refractivity contribution in [3.05, 3.63) is 97.0 Å². The van der Waals surface area contributed by atoms with Crippen LogP contribution in [0, 0.1) is 0 Å². The third kappa shape index (κ3) is 4.89. The molecule has 3 heterocycles. The number of nitrogens with zero attached hydrogens (tertiary/aromatic N) is 4. The average molecular weight is 482 g/mol. The maximum atomic E-state index is 6.02. The molecule has 7 nitrogen and oxygen atoms in total. The number of thiazole rings is 1. The zero-order valence-corrected chi connectivity index (χ0v) is 20.5. The maximum Gasteiger partial charge on any atom is 0.187 e. The van der Waals surface area contributed by atoms with Crippen molar-refractivity contribution in [1.82, 2.24) is 19.3 Å². The second-order valence-corrected chi connectivity index (χ2v) is 9.56. The Hall–Kier alpha value is -4.14. The molecule has 0 aliphatic rings. The van der Waals surface area contributed by atoms with Gasteiger partial charge >= 0.3 is 0 Å². The Morgan fingerprint density at radius 2 is 1.83 bits per heavy atom. The highest BCUT2D eigenvalue weighted by Gasteiger charge is 2.13. The summed E-state index contributed by atoms with van der Waals surface area (Å²) in [5.41, 5.74) is 13.5. The van der Waals surface area contributed by atoms with Crippen molar-refractivity contribution in [2.45, 2.75) is 6.54 Å². The molecule has 8 heteroatoms.